The van der Waals surface area contributed by atoms with Crippen LogP contribution in [0.3, 0.4) is 0 Å². The standard InChI is InChI=1S/C8H8NO2/c1-7(10)11-9-8-5-3-2-4-6-8/h2-4H,5H2,1H3. The van der Waals surface area contributed by atoms with Crippen molar-refractivity contribution in [1.29, 1.82) is 0 Å². The summed E-state index contributed by atoms with van der Waals surface area (Å²) in [7, 11) is 0. The van der Waals surface area contributed by atoms with E-state index < -0.39 is 5.97 Å². The van der Waals surface area contributed by atoms with Gasteiger partial charge in [-0.2, -0.15) is 0 Å². The van der Waals surface area contributed by atoms with Crippen LogP contribution in [0.25, 0.3) is 0 Å². The molecule has 0 saturated heterocycles. The Morgan fingerprint density at radius 1 is 1.82 bits per heavy atom. The van der Waals surface area contributed by atoms with Crippen molar-refractivity contribution in [3.05, 3.63) is 24.3 Å². The van der Waals surface area contributed by atoms with Crippen LogP contribution in [0.4, 0.5) is 0 Å². The van der Waals surface area contributed by atoms with Gasteiger partial charge in [-0.05, 0) is 0 Å². The zero-order chi connectivity index (χ0) is 8.10. The van der Waals surface area contributed by atoms with Gasteiger partial charge in [0.25, 0.3) is 0 Å². The van der Waals surface area contributed by atoms with Crippen LogP contribution in [0.5, 0.6) is 0 Å². The first-order valence-electron chi connectivity index (χ1n) is 3.28. The van der Waals surface area contributed by atoms with Crippen LogP contribution in [-0.4, -0.2) is 11.7 Å². The molecule has 0 atom stereocenters. The molecule has 0 aromatic carbocycles. The predicted octanol–water partition coefficient (Wildman–Crippen LogP) is 1.22. The highest BCUT2D eigenvalue weighted by Crippen LogP contribution is 1.98. The van der Waals surface area contributed by atoms with Crippen molar-refractivity contribution in [3.8, 4) is 0 Å². The molecule has 57 valence electrons. The first kappa shape index (κ1) is 7.72. The number of hydrogen-bond donors (Lipinski definition) is 0. The Bertz CT molecular complexity index is 238. The molecule has 0 saturated carbocycles. The van der Waals surface area contributed by atoms with Crippen molar-refractivity contribution < 1.29 is 9.63 Å². The average Bonchev–Trinajstić information content (AvgIpc) is 2.03. The lowest BCUT2D eigenvalue weighted by Crippen LogP contribution is -1.99. The van der Waals surface area contributed by atoms with Gasteiger partial charge in [-0.1, -0.05) is 23.4 Å². The molecule has 1 rings (SSSR count). The van der Waals surface area contributed by atoms with E-state index in [0.29, 0.717) is 12.1 Å². The molecule has 1 aliphatic rings. The fourth-order valence-electron chi connectivity index (χ4n) is 0.634. The average molecular weight is 150 g/mol. The molecule has 0 aliphatic heterocycles. The second-order valence-electron chi connectivity index (χ2n) is 2.06. The van der Waals surface area contributed by atoms with Crippen LogP contribution in [0.1, 0.15) is 13.3 Å². The zero-order valence-electron chi connectivity index (χ0n) is 6.20. The summed E-state index contributed by atoms with van der Waals surface area (Å²) in [5, 5.41) is 3.56. The highest BCUT2D eigenvalue weighted by Gasteiger charge is 1.97. The summed E-state index contributed by atoms with van der Waals surface area (Å²) in [5.74, 6) is -0.408. The van der Waals surface area contributed by atoms with Crippen molar-refractivity contribution in [1.82, 2.24) is 0 Å². The number of carbonyl (C=O) groups is 1. The minimum absolute atomic E-state index is 0.408. The van der Waals surface area contributed by atoms with Gasteiger partial charge in [-0.3, -0.25) is 0 Å². The van der Waals surface area contributed by atoms with Gasteiger partial charge in [0.1, 0.15) is 0 Å². The van der Waals surface area contributed by atoms with E-state index in [2.05, 4.69) is 16.1 Å². The van der Waals surface area contributed by atoms with Gasteiger partial charge in [0, 0.05) is 19.4 Å². The minimum atomic E-state index is -0.408. The molecule has 1 radical (unpaired) electrons. The third-order valence-corrected chi connectivity index (χ3v) is 1.08. The van der Waals surface area contributed by atoms with Crippen LogP contribution in [0.15, 0.2) is 23.4 Å². The third kappa shape index (κ3) is 2.80. The maximum Gasteiger partial charge on any atom is 0.331 e. The maximum atomic E-state index is 10.3. The van der Waals surface area contributed by atoms with Gasteiger partial charge < -0.3 is 4.84 Å². The predicted molar refractivity (Wildman–Crippen MR) is 40.8 cm³/mol. The molecule has 1 aliphatic carbocycles. The summed E-state index contributed by atoms with van der Waals surface area (Å²) in [6, 6.07) is 0. The molecule has 0 fully saturated rings. The topological polar surface area (TPSA) is 38.7 Å². The normalized spacial score (nSPS) is 18.8. The van der Waals surface area contributed by atoms with E-state index in [1.807, 2.05) is 12.2 Å². The Morgan fingerprint density at radius 2 is 2.64 bits per heavy atom. The summed E-state index contributed by atoms with van der Waals surface area (Å²) in [6.45, 7) is 1.31. The van der Waals surface area contributed by atoms with Gasteiger partial charge in [0.15, 0.2) is 0 Å². The van der Waals surface area contributed by atoms with Crippen molar-refractivity contribution >= 4 is 11.7 Å². The van der Waals surface area contributed by atoms with Crippen molar-refractivity contribution in [2.75, 3.05) is 0 Å². The Kier molecular flexibility index (Phi) is 2.60. The lowest BCUT2D eigenvalue weighted by atomic mass is 10.2. The van der Waals surface area contributed by atoms with Gasteiger partial charge in [-0.15, -0.1) is 0 Å². The summed E-state index contributed by atoms with van der Waals surface area (Å²) in [5.41, 5.74) is 0.641. The number of allylic oxidation sites excluding steroid dienone is 4. The fourth-order valence-corrected chi connectivity index (χ4v) is 0.634. The molecule has 0 bridgehead atoms. The highest BCUT2D eigenvalue weighted by molar-refractivity contribution is 5.93. The van der Waals surface area contributed by atoms with Crippen LogP contribution in [0.2, 0.25) is 0 Å². The van der Waals surface area contributed by atoms with Gasteiger partial charge in [0.05, 0.1) is 5.71 Å². The molecule has 0 amide bonds. The van der Waals surface area contributed by atoms with Crippen LogP contribution in [-0.2, 0) is 9.63 Å². The lowest BCUT2D eigenvalue weighted by molar-refractivity contribution is -0.140. The van der Waals surface area contributed by atoms with Gasteiger partial charge in [-0.25, -0.2) is 4.79 Å². The number of carbonyl (C=O) groups excluding carboxylic acids is 1. The van der Waals surface area contributed by atoms with Crippen LogP contribution >= 0.6 is 0 Å². The fraction of sp³-hybridized carbons (Fsp3) is 0.250. The number of rotatable bonds is 1. The second kappa shape index (κ2) is 3.71. The second-order valence-corrected chi connectivity index (χ2v) is 2.06. The Morgan fingerprint density at radius 3 is 3.18 bits per heavy atom. The molecule has 3 nitrogen and oxygen atoms in total. The summed E-state index contributed by atoms with van der Waals surface area (Å²) in [4.78, 5) is 14.7. The van der Waals surface area contributed by atoms with Crippen molar-refractivity contribution in [2.24, 2.45) is 5.16 Å². The first-order chi connectivity index (χ1) is 5.29. The van der Waals surface area contributed by atoms with Gasteiger partial charge in [0.2, 0.25) is 0 Å². The SMILES string of the molecule is CC(=O)ON=C1[C]=CC=CC1. The smallest absolute Gasteiger partial charge is 0.318 e. The molecular weight excluding hydrogens is 142 g/mol. The van der Waals surface area contributed by atoms with Crippen LogP contribution in [0, 0.1) is 6.08 Å². The highest BCUT2D eigenvalue weighted by atomic mass is 16.7. The van der Waals surface area contributed by atoms with E-state index in [9.17, 15) is 4.79 Å². The summed E-state index contributed by atoms with van der Waals surface area (Å²) < 4.78 is 0. The molecule has 11 heavy (non-hydrogen) atoms. The first-order valence-corrected chi connectivity index (χ1v) is 3.28. The zero-order valence-corrected chi connectivity index (χ0v) is 6.20. The molecule has 0 aromatic rings. The van der Waals surface area contributed by atoms with E-state index in [-0.39, 0.29) is 0 Å². The molecule has 3 heteroatoms. The van der Waals surface area contributed by atoms with Crippen molar-refractivity contribution in [3.63, 3.8) is 0 Å². The molecular formula is C8H8NO2. The number of hydrogen-bond acceptors (Lipinski definition) is 3. The molecule has 0 heterocycles. The molecule has 0 spiro atoms. The van der Waals surface area contributed by atoms with E-state index in [4.69, 9.17) is 0 Å². The molecule has 0 unspecified atom stereocenters. The maximum absolute atomic E-state index is 10.3. The Hall–Kier alpha value is -1.38. The lowest BCUT2D eigenvalue weighted by Gasteiger charge is -1.97. The molecule has 0 N–H and O–H groups in total. The van der Waals surface area contributed by atoms with Gasteiger partial charge >= 0.3 is 5.97 Å². The Labute approximate surface area is 65.0 Å². The van der Waals surface area contributed by atoms with Crippen LogP contribution < -0.4 is 0 Å². The summed E-state index contributed by atoms with van der Waals surface area (Å²) >= 11 is 0. The summed E-state index contributed by atoms with van der Waals surface area (Å²) in [6.07, 6.45) is 9.02. The van der Waals surface area contributed by atoms with E-state index >= 15 is 0 Å². The number of nitrogens with zero attached hydrogens (tertiary/aromatic N) is 1. The molecule has 0 aromatic heterocycles. The van der Waals surface area contributed by atoms with E-state index in [1.54, 1.807) is 6.08 Å². The quantitative estimate of drug-likeness (QED) is 0.416. The third-order valence-electron chi connectivity index (χ3n) is 1.08. The van der Waals surface area contributed by atoms with E-state index in [1.165, 1.54) is 6.92 Å². The van der Waals surface area contributed by atoms with Crippen molar-refractivity contribution in [2.45, 2.75) is 13.3 Å². The monoisotopic (exact) mass is 150 g/mol. The largest absolute Gasteiger partial charge is 0.331 e. The Balaban J connectivity index is 2.47. The van der Waals surface area contributed by atoms with E-state index in [0.717, 1.165) is 0 Å². The number of oxime groups is 1. The minimum Gasteiger partial charge on any atom is -0.318 e.